The minimum absolute atomic E-state index is 0.0949. The molecule has 0 aliphatic carbocycles. The average molecular weight is 219 g/mol. The summed E-state index contributed by atoms with van der Waals surface area (Å²) in [6, 6.07) is 2.11. The van der Waals surface area contributed by atoms with Gasteiger partial charge in [0.1, 0.15) is 11.9 Å². The molecule has 0 radical (unpaired) electrons. The number of nitrogens with zero attached hydrogens (tertiary/aromatic N) is 4. The van der Waals surface area contributed by atoms with Crippen LogP contribution in [0.1, 0.15) is 24.5 Å². The number of hydrogen-bond acceptors (Lipinski definition) is 3. The number of imidazole rings is 1. The Balaban J connectivity index is 2.39. The van der Waals surface area contributed by atoms with Crippen LogP contribution in [0.3, 0.4) is 0 Å². The van der Waals surface area contributed by atoms with E-state index in [2.05, 4.69) is 22.3 Å². The summed E-state index contributed by atoms with van der Waals surface area (Å²) in [6.45, 7) is 2.98. The molecule has 0 aliphatic rings. The summed E-state index contributed by atoms with van der Waals surface area (Å²) in [4.78, 5) is 4.39. The van der Waals surface area contributed by atoms with Gasteiger partial charge in [-0.1, -0.05) is 6.92 Å². The van der Waals surface area contributed by atoms with Gasteiger partial charge in [0.05, 0.1) is 5.69 Å². The molecular weight excluding hydrogens is 202 g/mol. The number of aryl methyl sites for hydroxylation is 2. The summed E-state index contributed by atoms with van der Waals surface area (Å²) in [5.41, 5.74) is 1.12. The summed E-state index contributed by atoms with van der Waals surface area (Å²) in [6.07, 6.45) is 5.58. The molecule has 0 fully saturated rings. The van der Waals surface area contributed by atoms with Crippen molar-refractivity contribution in [1.29, 1.82) is 0 Å². The Labute approximate surface area is 95.1 Å². The average Bonchev–Trinajstić information content (AvgIpc) is 2.84. The maximum Gasteiger partial charge on any atom is 0.131 e. The lowest BCUT2D eigenvalue weighted by Gasteiger charge is -2.17. The van der Waals surface area contributed by atoms with Crippen molar-refractivity contribution < 1.29 is 0 Å². The fourth-order valence-electron chi connectivity index (χ4n) is 1.85. The molecular formula is C11H17N5. The predicted octanol–water partition coefficient (Wildman–Crippen LogP) is 0.852. The molecule has 1 atom stereocenters. The molecule has 5 heteroatoms. The van der Waals surface area contributed by atoms with E-state index < -0.39 is 0 Å². The van der Waals surface area contributed by atoms with Crippen LogP contribution in [0.5, 0.6) is 0 Å². The maximum atomic E-state index is 4.39. The topological polar surface area (TPSA) is 47.7 Å². The zero-order valence-corrected chi connectivity index (χ0v) is 9.88. The lowest BCUT2D eigenvalue weighted by Crippen LogP contribution is -2.26. The lowest BCUT2D eigenvalue weighted by molar-refractivity contribution is 0.534. The standard InChI is InChI=1S/C11H17N5/c1-4-12-10(9-5-6-14-16(9)3)11-13-7-8-15(11)2/h5-8,10,12H,4H2,1-3H3. The molecule has 2 aromatic rings. The first-order valence-corrected chi connectivity index (χ1v) is 5.42. The molecule has 0 aliphatic heterocycles. The van der Waals surface area contributed by atoms with E-state index >= 15 is 0 Å². The Morgan fingerprint density at radius 1 is 1.38 bits per heavy atom. The second-order valence-corrected chi connectivity index (χ2v) is 3.77. The van der Waals surface area contributed by atoms with Gasteiger partial charge in [-0.2, -0.15) is 5.10 Å². The third-order valence-corrected chi connectivity index (χ3v) is 2.68. The van der Waals surface area contributed by atoms with Crippen LogP contribution in [-0.4, -0.2) is 25.9 Å². The summed E-state index contributed by atoms with van der Waals surface area (Å²) < 4.78 is 3.91. The molecule has 0 amide bonds. The lowest BCUT2D eigenvalue weighted by atomic mass is 10.2. The van der Waals surface area contributed by atoms with Gasteiger partial charge in [-0.05, 0) is 12.6 Å². The number of aromatic nitrogens is 4. The van der Waals surface area contributed by atoms with Crippen molar-refractivity contribution in [2.45, 2.75) is 13.0 Å². The van der Waals surface area contributed by atoms with E-state index in [4.69, 9.17) is 0 Å². The van der Waals surface area contributed by atoms with Crippen molar-refractivity contribution in [3.8, 4) is 0 Å². The summed E-state index contributed by atoms with van der Waals surface area (Å²) >= 11 is 0. The third-order valence-electron chi connectivity index (χ3n) is 2.68. The van der Waals surface area contributed by atoms with E-state index in [0.717, 1.165) is 18.1 Å². The van der Waals surface area contributed by atoms with Gasteiger partial charge in [-0.25, -0.2) is 4.98 Å². The van der Waals surface area contributed by atoms with E-state index in [1.165, 1.54) is 0 Å². The number of rotatable bonds is 4. The van der Waals surface area contributed by atoms with Crippen LogP contribution in [0.4, 0.5) is 0 Å². The second kappa shape index (κ2) is 4.49. The Bertz CT molecular complexity index is 416. The Morgan fingerprint density at radius 3 is 2.69 bits per heavy atom. The monoisotopic (exact) mass is 219 g/mol. The van der Waals surface area contributed by atoms with Gasteiger partial charge in [0, 0.05) is 32.7 Å². The number of hydrogen-bond donors (Lipinski definition) is 1. The molecule has 2 heterocycles. The van der Waals surface area contributed by atoms with Crippen molar-refractivity contribution in [3.63, 3.8) is 0 Å². The van der Waals surface area contributed by atoms with Gasteiger partial charge in [-0.3, -0.25) is 4.68 Å². The molecule has 0 spiro atoms. The smallest absolute Gasteiger partial charge is 0.131 e. The van der Waals surface area contributed by atoms with E-state index in [1.54, 1.807) is 0 Å². The first kappa shape index (κ1) is 10.9. The highest BCUT2D eigenvalue weighted by Gasteiger charge is 2.19. The van der Waals surface area contributed by atoms with Crippen molar-refractivity contribution in [3.05, 3.63) is 36.2 Å². The normalized spacial score (nSPS) is 12.9. The van der Waals surface area contributed by atoms with Crippen LogP contribution in [-0.2, 0) is 14.1 Å². The Hall–Kier alpha value is -1.62. The van der Waals surface area contributed by atoms with Crippen LogP contribution in [0.25, 0.3) is 0 Å². The zero-order chi connectivity index (χ0) is 11.5. The van der Waals surface area contributed by atoms with Gasteiger partial charge < -0.3 is 9.88 Å². The van der Waals surface area contributed by atoms with Crippen LogP contribution < -0.4 is 5.32 Å². The summed E-state index contributed by atoms with van der Waals surface area (Å²) in [5.74, 6) is 1.01. The van der Waals surface area contributed by atoms with E-state index in [0.29, 0.717) is 0 Å². The molecule has 0 saturated carbocycles. The second-order valence-electron chi connectivity index (χ2n) is 3.77. The van der Waals surface area contributed by atoms with Gasteiger partial charge >= 0.3 is 0 Å². The number of nitrogens with one attached hydrogen (secondary N) is 1. The Morgan fingerprint density at radius 2 is 2.19 bits per heavy atom. The van der Waals surface area contributed by atoms with E-state index in [1.807, 2.05) is 48.0 Å². The summed E-state index contributed by atoms with van der Waals surface area (Å²) in [7, 11) is 3.95. The molecule has 86 valence electrons. The van der Waals surface area contributed by atoms with Crippen molar-refractivity contribution in [2.24, 2.45) is 14.1 Å². The van der Waals surface area contributed by atoms with Gasteiger partial charge in [0.2, 0.25) is 0 Å². The van der Waals surface area contributed by atoms with Crippen molar-refractivity contribution in [2.75, 3.05) is 6.54 Å². The van der Waals surface area contributed by atoms with Crippen LogP contribution in [0.15, 0.2) is 24.7 Å². The molecule has 5 nitrogen and oxygen atoms in total. The largest absolute Gasteiger partial charge is 0.336 e. The third kappa shape index (κ3) is 1.86. The minimum atomic E-state index is 0.0949. The van der Waals surface area contributed by atoms with Gasteiger partial charge in [0.25, 0.3) is 0 Å². The maximum absolute atomic E-state index is 4.39. The van der Waals surface area contributed by atoms with Crippen molar-refractivity contribution in [1.82, 2.24) is 24.6 Å². The molecule has 2 rings (SSSR count). The van der Waals surface area contributed by atoms with Crippen LogP contribution in [0, 0.1) is 0 Å². The highest BCUT2D eigenvalue weighted by Crippen LogP contribution is 2.18. The molecule has 0 saturated heterocycles. The highest BCUT2D eigenvalue weighted by atomic mass is 15.3. The van der Waals surface area contributed by atoms with Gasteiger partial charge in [0.15, 0.2) is 0 Å². The molecule has 1 N–H and O–H groups in total. The molecule has 1 unspecified atom stereocenters. The van der Waals surface area contributed by atoms with Gasteiger partial charge in [-0.15, -0.1) is 0 Å². The fourth-order valence-corrected chi connectivity index (χ4v) is 1.85. The van der Waals surface area contributed by atoms with E-state index in [9.17, 15) is 0 Å². The molecule has 2 aromatic heterocycles. The highest BCUT2D eigenvalue weighted by molar-refractivity contribution is 5.17. The predicted molar refractivity (Wildman–Crippen MR) is 61.9 cm³/mol. The van der Waals surface area contributed by atoms with Crippen LogP contribution in [0.2, 0.25) is 0 Å². The van der Waals surface area contributed by atoms with E-state index in [-0.39, 0.29) is 6.04 Å². The molecule has 16 heavy (non-hydrogen) atoms. The first-order valence-electron chi connectivity index (χ1n) is 5.42. The quantitative estimate of drug-likeness (QED) is 0.829. The SMILES string of the molecule is CCNC(c1nccn1C)c1ccnn1C. The minimum Gasteiger partial charge on any atom is -0.336 e. The fraction of sp³-hybridized carbons (Fsp3) is 0.455. The zero-order valence-electron chi connectivity index (χ0n) is 9.88. The summed E-state index contributed by atoms with van der Waals surface area (Å²) in [5, 5.41) is 7.62. The molecule has 0 aromatic carbocycles. The van der Waals surface area contributed by atoms with Crippen molar-refractivity contribution >= 4 is 0 Å². The molecule has 0 bridgehead atoms. The Kier molecular flexibility index (Phi) is 3.05. The van der Waals surface area contributed by atoms with Crippen LogP contribution >= 0.6 is 0 Å². The first-order chi connectivity index (χ1) is 7.74.